The molecule has 0 saturated carbocycles. The molecule has 128 valence electrons. The number of aryl methyl sites for hydroxylation is 1. The monoisotopic (exact) mass is 329 g/mol. The van der Waals surface area contributed by atoms with Crippen LogP contribution in [0.15, 0.2) is 28.7 Å². The summed E-state index contributed by atoms with van der Waals surface area (Å²) in [5, 5.41) is 8.25. The van der Waals surface area contributed by atoms with E-state index in [0.29, 0.717) is 18.3 Å². The molecule has 1 aromatic carbocycles. The molecule has 0 amide bonds. The van der Waals surface area contributed by atoms with Crippen LogP contribution >= 0.6 is 0 Å². The minimum Gasteiger partial charge on any atom is -0.485 e. The molecule has 0 unspecified atom stereocenters. The minimum absolute atomic E-state index is 0.196. The number of hydrogen-bond donors (Lipinski definition) is 0. The number of para-hydroxylation sites is 1. The minimum atomic E-state index is -0.196. The van der Waals surface area contributed by atoms with Crippen molar-refractivity contribution in [3.63, 3.8) is 0 Å². The Kier molecular flexibility index (Phi) is 4.24. The Labute approximate surface area is 141 Å². The van der Waals surface area contributed by atoms with Gasteiger partial charge in [-0.05, 0) is 6.07 Å². The molecule has 0 N–H and O–H groups in total. The van der Waals surface area contributed by atoms with Gasteiger partial charge in [0.1, 0.15) is 11.4 Å². The fourth-order valence-corrected chi connectivity index (χ4v) is 3.51. The van der Waals surface area contributed by atoms with Gasteiger partial charge in [0.25, 0.3) is 0 Å². The van der Waals surface area contributed by atoms with Crippen molar-refractivity contribution in [1.29, 1.82) is 0 Å². The van der Waals surface area contributed by atoms with Crippen LogP contribution in [0.2, 0.25) is 0 Å². The molecular weight excluding hydrogens is 306 g/mol. The van der Waals surface area contributed by atoms with Crippen LogP contribution in [0, 0.1) is 0 Å². The van der Waals surface area contributed by atoms with E-state index < -0.39 is 0 Å². The molecule has 6 nitrogen and oxygen atoms in total. The van der Waals surface area contributed by atoms with Crippen LogP contribution in [0.4, 0.5) is 0 Å². The van der Waals surface area contributed by atoms with Crippen LogP contribution < -0.4 is 4.74 Å². The van der Waals surface area contributed by atoms with Crippen molar-refractivity contribution in [3.05, 3.63) is 41.6 Å². The normalized spacial score (nSPS) is 20.4. The summed E-state index contributed by atoms with van der Waals surface area (Å²) in [6.07, 6.45) is 2.57. The van der Waals surface area contributed by atoms with Crippen molar-refractivity contribution in [2.45, 2.75) is 44.9 Å². The standard InChI is InChI=1S/C18H23N3O3/c1-2-16-19-20-17(23-16)12-21-11-14-5-3-4-6-15(14)24-18(13-21)7-9-22-10-8-18/h3-6H,2,7-13H2,1H3. The molecule has 2 aliphatic rings. The maximum absolute atomic E-state index is 6.49. The summed E-state index contributed by atoms with van der Waals surface area (Å²) >= 11 is 0. The van der Waals surface area contributed by atoms with E-state index in [1.807, 2.05) is 13.0 Å². The number of rotatable bonds is 3. The first-order valence-electron chi connectivity index (χ1n) is 8.65. The second kappa shape index (κ2) is 6.53. The van der Waals surface area contributed by atoms with Crippen LogP contribution in [0.3, 0.4) is 0 Å². The van der Waals surface area contributed by atoms with Gasteiger partial charge in [0, 0.05) is 37.9 Å². The van der Waals surface area contributed by atoms with Gasteiger partial charge >= 0.3 is 0 Å². The van der Waals surface area contributed by atoms with Crippen LogP contribution in [0.25, 0.3) is 0 Å². The van der Waals surface area contributed by atoms with E-state index in [-0.39, 0.29) is 5.60 Å². The Morgan fingerprint density at radius 1 is 1.12 bits per heavy atom. The first kappa shape index (κ1) is 15.6. The van der Waals surface area contributed by atoms with Gasteiger partial charge < -0.3 is 13.9 Å². The third-order valence-corrected chi connectivity index (χ3v) is 4.78. The van der Waals surface area contributed by atoms with Gasteiger partial charge in [-0.2, -0.15) is 0 Å². The molecule has 3 heterocycles. The van der Waals surface area contributed by atoms with Crippen LogP contribution in [-0.4, -0.2) is 40.5 Å². The first-order valence-corrected chi connectivity index (χ1v) is 8.65. The number of hydrogen-bond acceptors (Lipinski definition) is 6. The quantitative estimate of drug-likeness (QED) is 0.862. The lowest BCUT2D eigenvalue weighted by Gasteiger charge is -2.38. The fraction of sp³-hybridized carbons (Fsp3) is 0.556. The highest BCUT2D eigenvalue weighted by Gasteiger charge is 2.39. The maximum Gasteiger partial charge on any atom is 0.230 e. The Morgan fingerprint density at radius 3 is 2.71 bits per heavy atom. The highest BCUT2D eigenvalue weighted by molar-refractivity contribution is 5.35. The molecule has 0 bridgehead atoms. The number of ether oxygens (including phenoxy) is 2. The molecule has 24 heavy (non-hydrogen) atoms. The maximum atomic E-state index is 6.49. The molecule has 1 aromatic heterocycles. The second-order valence-corrected chi connectivity index (χ2v) is 6.59. The first-order chi connectivity index (χ1) is 11.8. The van der Waals surface area contributed by atoms with Gasteiger partial charge in [-0.15, -0.1) is 10.2 Å². The van der Waals surface area contributed by atoms with Gasteiger partial charge in [-0.1, -0.05) is 25.1 Å². The molecule has 4 rings (SSSR count). The summed E-state index contributed by atoms with van der Waals surface area (Å²) in [5.41, 5.74) is 1.01. The summed E-state index contributed by atoms with van der Waals surface area (Å²) in [4.78, 5) is 2.35. The van der Waals surface area contributed by atoms with Gasteiger partial charge in [0.05, 0.1) is 19.8 Å². The molecule has 2 aromatic rings. The smallest absolute Gasteiger partial charge is 0.230 e. The van der Waals surface area contributed by atoms with Gasteiger partial charge in [0.15, 0.2) is 0 Å². The Hall–Kier alpha value is -1.92. The van der Waals surface area contributed by atoms with Crippen molar-refractivity contribution in [1.82, 2.24) is 15.1 Å². The molecule has 1 fully saturated rings. The zero-order valence-corrected chi connectivity index (χ0v) is 14.0. The third kappa shape index (κ3) is 3.16. The summed E-state index contributed by atoms with van der Waals surface area (Å²) in [6, 6.07) is 8.29. The lowest BCUT2D eigenvalue weighted by Crippen LogP contribution is -2.49. The van der Waals surface area contributed by atoms with E-state index in [2.05, 4.69) is 33.3 Å². The highest BCUT2D eigenvalue weighted by atomic mass is 16.5. The Balaban J connectivity index is 1.61. The highest BCUT2D eigenvalue weighted by Crippen LogP contribution is 2.35. The van der Waals surface area contributed by atoms with Crippen molar-refractivity contribution in [2.24, 2.45) is 0 Å². The lowest BCUT2D eigenvalue weighted by atomic mass is 9.93. The van der Waals surface area contributed by atoms with Crippen LogP contribution in [0.1, 0.15) is 37.1 Å². The second-order valence-electron chi connectivity index (χ2n) is 6.59. The zero-order chi connectivity index (χ0) is 16.4. The molecule has 1 saturated heterocycles. The van der Waals surface area contributed by atoms with Crippen LogP contribution in [-0.2, 0) is 24.2 Å². The largest absolute Gasteiger partial charge is 0.485 e. The van der Waals surface area contributed by atoms with E-state index >= 15 is 0 Å². The molecule has 6 heteroatoms. The Morgan fingerprint density at radius 2 is 1.92 bits per heavy atom. The lowest BCUT2D eigenvalue weighted by molar-refractivity contribution is -0.0601. The van der Waals surface area contributed by atoms with Gasteiger partial charge in [-0.3, -0.25) is 4.90 Å². The molecule has 0 atom stereocenters. The van der Waals surface area contributed by atoms with E-state index in [4.69, 9.17) is 13.9 Å². The average molecular weight is 329 g/mol. The number of benzene rings is 1. The van der Waals surface area contributed by atoms with E-state index in [1.54, 1.807) is 0 Å². The van der Waals surface area contributed by atoms with Crippen LogP contribution in [0.5, 0.6) is 5.75 Å². The zero-order valence-electron chi connectivity index (χ0n) is 14.0. The van der Waals surface area contributed by atoms with Crippen molar-refractivity contribution in [2.75, 3.05) is 19.8 Å². The molecule has 1 spiro atoms. The SMILES string of the molecule is CCc1nnc(CN2Cc3ccccc3OC3(CCOCC3)C2)o1. The van der Waals surface area contributed by atoms with E-state index in [9.17, 15) is 0 Å². The van der Waals surface area contributed by atoms with Crippen molar-refractivity contribution in [3.8, 4) is 5.75 Å². The molecule has 0 radical (unpaired) electrons. The third-order valence-electron chi connectivity index (χ3n) is 4.78. The summed E-state index contributed by atoms with van der Waals surface area (Å²) in [6.45, 7) is 5.82. The van der Waals surface area contributed by atoms with E-state index in [0.717, 1.165) is 51.3 Å². The molecule has 2 aliphatic heterocycles. The fourth-order valence-electron chi connectivity index (χ4n) is 3.51. The molecule has 0 aliphatic carbocycles. The molecular formula is C18H23N3O3. The predicted molar refractivity (Wildman–Crippen MR) is 87.6 cm³/mol. The van der Waals surface area contributed by atoms with Gasteiger partial charge in [0.2, 0.25) is 11.8 Å². The number of aromatic nitrogens is 2. The van der Waals surface area contributed by atoms with E-state index in [1.165, 1.54) is 5.56 Å². The number of fused-ring (bicyclic) bond motifs is 1. The topological polar surface area (TPSA) is 60.6 Å². The number of nitrogens with zero attached hydrogens (tertiary/aromatic N) is 3. The Bertz CT molecular complexity index is 694. The summed E-state index contributed by atoms with van der Waals surface area (Å²) in [7, 11) is 0. The summed E-state index contributed by atoms with van der Waals surface area (Å²) in [5.74, 6) is 2.35. The van der Waals surface area contributed by atoms with Gasteiger partial charge in [-0.25, -0.2) is 0 Å². The predicted octanol–water partition coefficient (Wildman–Crippen LogP) is 2.58. The average Bonchev–Trinajstić information content (AvgIpc) is 2.99. The summed E-state index contributed by atoms with van der Waals surface area (Å²) < 4.78 is 17.8. The van der Waals surface area contributed by atoms with Crippen molar-refractivity contribution < 1.29 is 13.9 Å². The van der Waals surface area contributed by atoms with Crippen molar-refractivity contribution >= 4 is 0 Å².